The summed E-state index contributed by atoms with van der Waals surface area (Å²) >= 11 is 6.33. The molecule has 104 valence electrons. The lowest BCUT2D eigenvalue weighted by Gasteiger charge is -2.41. The Bertz CT molecular complexity index is 689. The molecule has 1 saturated heterocycles. The van der Waals surface area contributed by atoms with Gasteiger partial charge in [-0.25, -0.2) is 4.79 Å². The Morgan fingerprint density at radius 2 is 2.30 bits per heavy atom. The van der Waals surface area contributed by atoms with Crippen LogP contribution in [0.3, 0.4) is 0 Å². The van der Waals surface area contributed by atoms with Crippen molar-refractivity contribution in [1.82, 2.24) is 4.98 Å². The number of hydrogen-bond donors (Lipinski definition) is 1. The maximum absolute atomic E-state index is 11.4. The SMILES string of the molecule is C[C@H]1CCN1c1cc2ncc(C(=O)ON)cc2cc1Cl. The van der Waals surface area contributed by atoms with Crippen molar-refractivity contribution in [2.45, 2.75) is 19.4 Å². The number of fused-ring (bicyclic) bond motifs is 1. The van der Waals surface area contributed by atoms with E-state index in [0.29, 0.717) is 16.6 Å². The van der Waals surface area contributed by atoms with Crippen LogP contribution < -0.4 is 10.8 Å². The van der Waals surface area contributed by atoms with E-state index in [-0.39, 0.29) is 0 Å². The highest BCUT2D eigenvalue weighted by Crippen LogP contribution is 2.35. The van der Waals surface area contributed by atoms with Gasteiger partial charge in [0.05, 0.1) is 21.8 Å². The van der Waals surface area contributed by atoms with Gasteiger partial charge in [-0.3, -0.25) is 4.98 Å². The van der Waals surface area contributed by atoms with Crippen molar-refractivity contribution < 1.29 is 9.63 Å². The van der Waals surface area contributed by atoms with Gasteiger partial charge in [0.15, 0.2) is 0 Å². The van der Waals surface area contributed by atoms with Crippen LogP contribution in [0.4, 0.5) is 5.69 Å². The molecular weight excluding hydrogens is 278 g/mol. The summed E-state index contributed by atoms with van der Waals surface area (Å²) in [6, 6.07) is 5.94. The van der Waals surface area contributed by atoms with Crippen LogP contribution in [0.5, 0.6) is 0 Å². The van der Waals surface area contributed by atoms with Crippen LogP contribution in [-0.4, -0.2) is 23.5 Å². The van der Waals surface area contributed by atoms with Crippen LogP contribution in [0.1, 0.15) is 23.7 Å². The molecule has 6 heteroatoms. The molecule has 0 bridgehead atoms. The zero-order valence-corrected chi connectivity index (χ0v) is 11.7. The average molecular weight is 292 g/mol. The van der Waals surface area contributed by atoms with Gasteiger partial charge in [0, 0.05) is 24.2 Å². The van der Waals surface area contributed by atoms with E-state index < -0.39 is 5.97 Å². The molecule has 0 unspecified atom stereocenters. The highest BCUT2D eigenvalue weighted by Gasteiger charge is 2.25. The minimum atomic E-state index is -0.615. The van der Waals surface area contributed by atoms with Crippen molar-refractivity contribution in [3.8, 4) is 0 Å². The lowest BCUT2D eigenvalue weighted by Crippen LogP contribution is -2.45. The summed E-state index contributed by atoms with van der Waals surface area (Å²) < 4.78 is 0. The lowest BCUT2D eigenvalue weighted by molar-refractivity contribution is 0.0503. The van der Waals surface area contributed by atoms with Crippen LogP contribution in [0.2, 0.25) is 5.02 Å². The van der Waals surface area contributed by atoms with E-state index in [0.717, 1.165) is 23.1 Å². The van der Waals surface area contributed by atoms with Crippen LogP contribution in [-0.2, 0) is 4.84 Å². The Balaban J connectivity index is 2.06. The van der Waals surface area contributed by atoms with Crippen molar-refractivity contribution in [2.24, 2.45) is 5.90 Å². The third kappa shape index (κ3) is 2.09. The molecule has 0 radical (unpaired) electrons. The maximum Gasteiger partial charge on any atom is 0.358 e. The summed E-state index contributed by atoms with van der Waals surface area (Å²) in [5.74, 6) is 4.26. The molecule has 1 aromatic heterocycles. The van der Waals surface area contributed by atoms with Gasteiger partial charge in [-0.15, -0.1) is 0 Å². The number of anilines is 1. The average Bonchev–Trinajstić information content (AvgIpc) is 2.45. The Morgan fingerprint density at radius 3 is 2.90 bits per heavy atom. The Labute approximate surface area is 121 Å². The Hall–Kier alpha value is -1.85. The first-order chi connectivity index (χ1) is 9.60. The smallest absolute Gasteiger partial charge is 0.358 e. The number of carbonyl (C=O) groups is 1. The fourth-order valence-corrected chi connectivity index (χ4v) is 2.69. The molecular formula is C14H14ClN3O2. The summed E-state index contributed by atoms with van der Waals surface area (Å²) in [7, 11) is 0. The number of nitrogens with zero attached hydrogens (tertiary/aromatic N) is 2. The topological polar surface area (TPSA) is 68.5 Å². The normalized spacial score (nSPS) is 17.9. The lowest BCUT2D eigenvalue weighted by atomic mass is 10.0. The number of halogens is 1. The first-order valence-electron chi connectivity index (χ1n) is 6.37. The van der Waals surface area contributed by atoms with Crippen molar-refractivity contribution in [2.75, 3.05) is 11.4 Å². The first kappa shape index (κ1) is 13.1. The van der Waals surface area contributed by atoms with E-state index in [9.17, 15) is 4.79 Å². The van der Waals surface area contributed by atoms with Gasteiger partial charge in [0.2, 0.25) is 0 Å². The van der Waals surface area contributed by atoms with Gasteiger partial charge in [-0.2, -0.15) is 5.90 Å². The van der Waals surface area contributed by atoms with Crippen molar-refractivity contribution in [3.05, 3.63) is 35.0 Å². The van der Waals surface area contributed by atoms with E-state index in [1.165, 1.54) is 12.6 Å². The second-order valence-corrected chi connectivity index (χ2v) is 5.36. The van der Waals surface area contributed by atoms with Crippen LogP contribution >= 0.6 is 11.6 Å². The highest BCUT2D eigenvalue weighted by molar-refractivity contribution is 6.34. The zero-order valence-electron chi connectivity index (χ0n) is 11.0. The van der Waals surface area contributed by atoms with Crippen molar-refractivity contribution in [3.63, 3.8) is 0 Å². The number of rotatable bonds is 2. The molecule has 1 aliphatic heterocycles. The molecule has 5 nitrogen and oxygen atoms in total. The molecule has 1 fully saturated rings. The molecule has 1 atom stereocenters. The van der Waals surface area contributed by atoms with Crippen LogP contribution in [0.15, 0.2) is 24.4 Å². The second-order valence-electron chi connectivity index (χ2n) is 4.96. The number of carbonyl (C=O) groups excluding carboxylic acids is 1. The molecule has 0 spiro atoms. The molecule has 1 aromatic carbocycles. The Kier molecular flexibility index (Phi) is 3.23. The summed E-state index contributed by atoms with van der Waals surface area (Å²) in [6.07, 6.45) is 2.62. The summed E-state index contributed by atoms with van der Waals surface area (Å²) in [4.78, 5) is 22.1. The van der Waals surface area contributed by atoms with Gasteiger partial charge in [0.1, 0.15) is 0 Å². The first-order valence-corrected chi connectivity index (χ1v) is 6.75. The van der Waals surface area contributed by atoms with Gasteiger partial charge in [-0.05, 0) is 31.5 Å². The summed E-state index contributed by atoms with van der Waals surface area (Å²) in [5, 5.41) is 1.44. The molecule has 0 saturated carbocycles. The Morgan fingerprint density at radius 1 is 1.50 bits per heavy atom. The minimum Gasteiger partial charge on any atom is -0.370 e. The minimum absolute atomic E-state index is 0.307. The van der Waals surface area contributed by atoms with Gasteiger partial charge < -0.3 is 9.74 Å². The zero-order chi connectivity index (χ0) is 14.3. The molecule has 2 heterocycles. The molecule has 2 aromatic rings. The van der Waals surface area contributed by atoms with E-state index in [4.69, 9.17) is 17.5 Å². The van der Waals surface area contributed by atoms with Gasteiger partial charge >= 0.3 is 5.97 Å². The maximum atomic E-state index is 11.4. The third-order valence-electron chi connectivity index (χ3n) is 3.72. The quantitative estimate of drug-likeness (QED) is 0.861. The predicted octanol–water partition coefficient (Wildman–Crippen LogP) is 2.52. The van der Waals surface area contributed by atoms with Crippen LogP contribution in [0, 0.1) is 0 Å². The second kappa shape index (κ2) is 4.92. The fourth-order valence-electron chi connectivity index (χ4n) is 2.41. The monoisotopic (exact) mass is 291 g/mol. The molecule has 20 heavy (non-hydrogen) atoms. The number of pyridine rings is 1. The largest absolute Gasteiger partial charge is 0.370 e. The molecule has 0 amide bonds. The fraction of sp³-hybridized carbons (Fsp3) is 0.286. The van der Waals surface area contributed by atoms with E-state index >= 15 is 0 Å². The van der Waals surface area contributed by atoms with Gasteiger partial charge in [0.25, 0.3) is 0 Å². The number of aromatic nitrogens is 1. The summed E-state index contributed by atoms with van der Waals surface area (Å²) in [6.45, 7) is 3.17. The molecule has 1 aliphatic rings. The predicted molar refractivity (Wildman–Crippen MR) is 77.8 cm³/mol. The number of hydrogen-bond acceptors (Lipinski definition) is 5. The standard InChI is InChI=1S/C14H14ClN3O2/c1-8-2-3-18(8)13-6-12-9(5-11(13)15)4-10(7-17-12)14(19)20-16/h4-8H,2-3,16H2,1H3/t8-/m0/s1. The highest BCUT2D eigenvalue weighted by atomic mass is 35.5. The van der Waals surface area contributed by atoms with Gasteiger partial charge in [-0.1, -0.05) is 11.6 Å². The van der Waals surface area contributed by atoms with E-state index in [2.05, 4.69) is 21.6 Å². The van der Waals surface area contributed by atoms with E-state index in [1.54, 1.807) is 6.07 Å². The molecule has 2 N–H and O–H groups in total. The number of benzene rings is 1. The van der Waals surface area contributed by atoms with Crippen molar-refractivity contribution in [1.29, 1.82) is 0 Å². The molecule has 3 rings (SSSR count). The third-order valence-corrected chi connectivity index (χ3v) is 4.02. The van der Waals surface area contributed by atoms with Crippen molar-refractivity contribution >= 4 is 34.2 Å². The van der Waals surface area contributed by atoms with E-state index in [1.807, 2.05) is 12.1 Å². The van der Waals surface area contributed by atoms with Crippen LogP contribution in [0.25, 0.3) is 10.9 Å². The number of nitrogens with two attached hydrogens (primary N) is 1. The molecule has 0 aliphatic carbocycles. The summed E-state index contributed by atoms with van der Waals surface area (Å²) in [5.41, 5.74) is 2.08.